The third-order valence-corrected chi connectivity index (χ3v) is 6.08. The number of carbonyl (C=O) groups is 1. The van der Waals surface area contributed by atoms with E-state index in [1.807, 2.05) is 24.3 Å². The third-order valence-electron chi connectivity index (χ3n) is 5.35. The summed E-state index contributed by atoms with van der Waals surface area (Å²) in [5, 5.41) is 10.2. The fraction of sp³-hybridized carbons (Fsp3) is 0.333. The van der Waals surface area contributed by atoms with Gasteiger partial charge in [-0.15, -0.1) is 0 Å². The Labute approximate surface area is 183 Å². The number of halogens is 2. The Hall–Kier alpha value is -2.32. The molecule has 0 atom stereocenters. The SMILES string of the molecule is O=C(Nc1ccc(CNCC2CCNCC2)cc1)n1c(=O)[nH]c2cc(Cl)c(Cl)cc21. The molecule has 0 radical (unpaired) electrons. The van der Waals surface area contributed by atoms with E-state index in [9.17, 15) is 9.59 Å². The fourth-order valence-corrected chi connectivity index (χ4v) is 4.02. The van der Waals surface area contributed by atoms with Gasteiger partial charge in [-0.3, -0.25) is 0 Å². The Balaban J connectivity index is 1.39. The number of nitrogens with zero attached hydrogens (tertiary/aromatic N) is 1. The van der Waals surface area contributed by atoms with Crippen molar-refractivity contribution in [2.24, 2.45) is 5.92 Å². The van der Waals surface area contributed by atoms with Crippen LogP contribution in [0.4, 0.5) is 10.5 Å². The number of aromatic amines is 1. The van der Waals surface area contributed by atoms with E-state index < -0.39 is 11.7 Å². The van der Waals surface area contributed by atoms with Crippen molar-refractivity contribution in [2.75, 3.05) is 25.0 Å². The third kappa shape index (κ3) is 4.70. The monoisotopic (exact) mass is 447 g/mol. The van der Waals surface area contributed by atoms with Crippen LogP contribution in [0.15, 0.2) is 41.2 Å². The summed E-state index contributed by atoms with van der Waals surface area (Å²) in [6.07, 6.45) is 2.42. The number of anilines is 1. The maximum absolute atomic E-state index is 12.7. The first-order valence-corrected chi connectivity index (χ1v) is 10.7. The minimum Gasteiger partial charge on any atom is -0.317 e. The molecule has 1 aliphatic rings. The van der Waals surface area contributed by atoms with Crippen LogP contribution in [0.2, 0.25) is 10.0 Å². The Morgan fingerprint density at radius 2 is 1.80 bits per heavy atom. The van der Waals surface area contributed by atoms with Crippen molar-refractivity contribution in [3.63, 3.8) is 0 Å². The van der Waals surface area contributed by atoms with E-state index in [2.05, 4.69) is 20.9 Å². The van der Waals surface area contributed by atoms with Gasteiger partial charge in [-0.25, -0.2) is 14.2 Å². The fourth-order valence-electron chi connectivity index (χ4n) is 3.70. The summed E-state index contributed by atoms with van der Waals surface area (Å²) >= 11 is 12.0. The number of H-pyrrole nitrogens is 1. The quantitative estimate of drug-likeness (QED) is 0.478. The van der Waals surface area contributed by atoms with Gasteiger partial charge in [-0.2, -0.15) is 0 Å². The second kappa shape index (κ2) is 9.22. The second-order valence-electron chi connectivity index (χ2n) is 7.50. The molecule has 1 fully saturated rings. The van der Waals surface area contributed by atoms with Crippen molar-refractivity contribution < 1.29 is 4.79 Å². The van der Waals surface area contributed by atoms with Crippen LogP contribution < -0.4 is 21.6 Å². The van der Waals surface area contributed by atoms with E-state index in [1.165, 1.54) is 25.0 Å². The number of fused-ring (bicyclic) bond motifs is 1. The van der Waals surface area contributed by atoms with Gasteiger partial charge in [0.2, 0.25) is 0 Å². The molecular weight excluding hydrogens is 425 g/mol. The van der Waals surface area contributed by atoms with Crippen LogP contribution in [0.3, 0.4) is 0 Å². The molecule has 1 saturated heterocycles. The summed E-state index contributed by atoms with van der Waals surface area (Å²) in [5.41, 5.74) is 1.99. The van der Waals surface area contributed by atoms with Crippen molar-refractivity contribution in [2.45, 2.75) is 19.4 Å². The molecular formula is C21H23Cl2N5O2. The van der Waals surface area contributed by atoms with Crippen LogP contribution >= 0.6 is 23.2 Å². The van der Waals surface area contributed by atoms with E-state index in [4.69, 9.17) is 23.2 Å². The number of amides is 1. The van der Waals surface area contributed by atoms with Crippen molar-refractivity contribution in [3.05, 3.63) is 62.5 Å². The minimum atomic E-state index is -0.568. The average molecular weight is 448 g/mol. The van der Waals surface area contributed by atoms with Crippen LogP contribution in [0.5, 0.6) is 0 Å². The van der Waals surface area contributed by atoms with Crippen molar-refractivity contribution in [3.8, 4) is 0 Å². The van der Waals surface area contributed by atoms with Gasteiger partial charge >= 0.3 is 11.7 Å². The zero-order valence-electron chi connectivity index (χ0n) is 16.3. The summed E-state index contributed by atoms with van der Waals surface area (Å²) in [5.74, 6) is 0.725. The van der Waals surface area contributed by atoms with Crippen molar-refractivity contribution in [1.29, 1.82) is 0 Å². The Kier molecular flexibility index (Phi) is 6.43. The van der Waals surface area contributed by atoms with E-state index in [1.54, 1.807) is 0 Å². The second-order valence-corrected chi connectivity index (χ2v) is 8.31. The molecule has 0 saturated carbocycles. The lowest BCUT2D eigenvalue weighted by Gasteiger charge is -2.22. The molecule has 0 unspecified atom stereocenters. The van der Waals surface area contributed by atoms with E-state index in [0.29, 0.717) is 21.7 Å². The molecule has 4 rings (SSSR count). The molecule has 9 heteroatoms. The molecule has 1 amide bonds. The molecule has 1 aromatic heterocycles. The highest BCUT2D eigenvalue weighted by atomic mass is 35.5. The van der Waals surface area contributed by atoms with Crippen LogP contribution in [0.1, 0.15) is 18.4 Å². The molecule has 3 aromatic rings. The summed E-state index contributed by atoms with van der Waals surface area (Å²) in [6, 6.07) is 10.0. The number of benzene rings is 2. The maximum Gasteiger partial charge on any atom is 0.334 e. The molecule has 158 valence electrons. The largest absolute Gasteiger partial charge is 0.334 e. The van der Waals surface area contributed by atoms with E-state index in [-0.39, 0.29) is 5.02 Å². The number of hydrogen-bond donors (Lipinski definition) is 4. The van der Waals surface area contributed by atoms with Crippen molar-refractivity contribution >= 4 is 46.0 Å². The standard InChI is InChI=1S/C21H23Cl2N5O2/c22-16-9-18-19(10-17(16)23)28(21(30)27-18)20(29)26-15-3-1-13(2-4-15)11-25-12-14-5-7-24-8-6-14/h1-4,9-10,14,24-25H,5-8,11-12H2,(H,26,29)(H,27,30). The number of nitrogens with one attached hydrogen (secondary N) is 4. The van der Waals surface area contributed by atoms with Gasteiger partial charge < -0.3 is 20.9 Å². The van der Waals surface area contributed by atoms with Gasteiger partial charge in [0.05, 0.1) is 21.1 Å². The maximum atomic E-state index is 12.7. The molecule has 0 aliphatic carbocycles. The summed E-state index contributed by atoms with van der Waals surface area (Å²) < 4.78 is 1.01. The topological polar surface area (TPSA) is 90.9 Å². The first-order chi connectivity index (χ1) is 14.5. The normalized spacial score (nSPS) is 14.9. The zero-order chi connectivity index (χ0) is 21.1. The van der Waals surface area contributed by atoms with Gasteiger partial charge in [-0.05, 0) is 68.2 Å². The molecule has 1 aliphatic heterocycles. The van der Waals surface area contributed by atoms with Gasteiger partial charge in [0, 0.05) is 12.2 Å². The highest BCUT2D eigenvalue weighted by molar-refractivity contribution is 6.42. The van der Waals surface area contributed by atoms with Crippen LogP contribution in [0.25, 0.3) is 11.0 Å². The average Bonchev–Trinajstić information content (AvgIpc) is 3.05. The molecule has 0 spiro atoms. The lowest BCUT2D eigenvalue weighted by Crippen LogP contribution is -2.33. The van der Waals surface area contributed by atoms with Crippen LogP contribution in [-0.2, 0) is 6.54 Å². The Bertz CT molecular complexity index is 1100. The first kappa shape index (κ1) is 20.9. The smallest absolute Gasteiger partial charge is 0.317 e. The van der Waals surface area contributed by atoms with Gasteiger partial charge in [0.25, 0.3) is 0 Å². The van der Waals surface area contributed by atoms with E-state index >= 15 is 0 Å². The predicted octanol–water partition coefficient (Wildman–Crippen LogP) is 3.81. The molecule has 0 bridgehead atoms. The lowest BCUT2D eigenvalue weighted by molar-refractivity contribution is 0.253. The molecule has 2 heterocycles. The summed E-state index contributed by atoms with van der Waals surface area (Å²) in [7, 11) is 0. The number of hydrogen-bond acceptors (Lipinski definition) is 4. The van der Waals surface area contributed by atoms with Gasteiger partial charge in [-0.1, -0.05) is 35.3 Å². The Morgan fingerprint density at radius 3 is 2.53 bits per heavy atom. The Morgan fingerprint density at radius 1 is 1.10 bits per heavy atom. The summed E-state index contributed by atoms with van der Waals surface area (Å²) in [6.45, 7) is 3.98. The number of imidazole rings is 1. The molecule has 2 aromatic carbocycles. The summed E-state index contributed by atoms with van der Waals surface area (Å²) in [4.78, 5) is 27.5. The highest BCUT2D eigenvalue weighted by Crippen LogP contribution is 2.26. The molecule has 30 heavy (non-hydrogen) atoms. The molecule has 7 nitrogen and oxygen atoms in total. The van der Waals surface area contributed by atoms with Gasteiger partial charge in [0.1, 0.15) is 0 Å². The van der Waals surface area contributed by atoms with Crippen molar-refractivity contribution in [1.82, 2.24) is 20.2 Å². The lowest BCUT2D eigenvalue weighted by atomic mass is 9.98. The first-order valence-electron chi connectivity index (χ1n) is 9.93. The predicted molar refractivity (Wildman–Crippen MR) is 121 cm³/mol. The highest BCUT2D eigenvalue weighted by Gasteiger charge is 2.16. The number of aromatic nitrogens is 2. The van der Waals surface area contributed by atoms with Gasteiger partial charge in [0.15, 0.2) is 0 Å². The van der Waals surface area contributed by atoms with Crippen LogP contribution in [-0.4, -0.2) is 35.2 Å². The minimum absolute atomic E-state index is 0.269. The number of rotatable bonds is 5. The number of carbonyl (C=O) groups excluding carboxylic acids is 1. The van der Waals surface area contributed by atoms with Crippen LogP contribution in [0, 0.1) is 5.92 Å². The molecule has 4 N–H and O–H groups in total. The zero-order valence-corrected chi connectivity index (χ0v) is 17.8. The van der Waals surface area contributed by atoms with E-state index in [0.717, 1.165) is 42.2 Å². The number of piperidine rings is 1.